The summed E-state index contributed by atoms with van der Waals surface area (Å²) in [6.45, 7) is 3.37. The summed E-state index contributed by atoms with van der Waals surface area (Å²) >= 11 is 5.69. The van der Waals surface area contributed by atoms with Gasteiger partial charge in [-0.3, -0.25) is 9.55 Å². The minimum absolute atomic E-state index is 0.537. The maximum absolute atomic E-state index is 5.69. The van der Waals surface area contributed by atoms with Gasteiger partial charge >= 0.3 is 0 Å². The third kappa shape index (κ3) is 2.53. The summed E-state index contributed by atoms with van der Waals surface area (Å²) in [5, 5.41) is 4.82. The molecule has 2 aliphatic rings. The Morgan fingerprint density at radius 3 is 2.76 bits per heavy atom. The van der Waals surface area contributed by atoms with Gasteiger partial charge < -0.3 is 4.90 Å². The van der Waals surface area contributed by atoms with Crippen LogP contribution < -0.4 is 4.90 Å². The van der Waals surface area contributed by atoms with Crippen molar-refractivity contribution in [1.29, 1.82) is 0 Å². The van der Waals surface area contributed by atoms with Gasteiger partial charge in [0, 0.05) is 36.8 Å². The van der Waals surface area contributed by atoms with Crippen molar-refractivity contribution >= 4 is 12.2 Å². The fraction of sp³-hybridized carbons (Fsp3) is 0.533. The number of hydrogen-bond acceptors (Lipinski definition) is 3. The van der Waals surface area contributed by atoms with Crippen molar-refractivity contribution in [2.45, 2.75) is 38.4 Å². The number of quaternary nitrogens is 1. The van der Waals surface area contributed by atoms with Gasteiger partial charge in [-0.15, -0.1) is 5.10 Å². The second-order valence-electron chi connectivity index (χ2n) is 6.06. The van der Waals surface area contributed by atoms with E-state index in [9.17, 15) is 0 Å². The highest BCUT2D eigenvalue weighted by Gasteiger charge is 2.30. The summed E-state index contributed by atoms with van der Waals surface area (Å²) in [6.07, 6.45) is 8.74. The summed E-state index contributed by atoms with van der Waals surface area (Å²) in [7, 11) is 0. The minimum atomic E-state index is 0.537. The van der Waals surface area contributed by atoms with Gasteiger partial charge in [0.25, 0.3) is 0 Å². The molecule has 2 fully saturated rings. The first-order valence-electron chi connectivity index (χ1n) is 7.76. The molecule has 1 N–H and O–H groups in total. The van der Waals surface area contributed by atoms with Gasteiger partial charge in [0.15, 0.2) is 12.5 Å². The van der Waals surface area contributed by atoms with Crippen molar-refractivity contribution in [1.82, 2.24) is 19.3 Å². The third-order valence-electron chi connectivity index (χ3n) is 4.39. The zero-order chi connectivity index (χ0) is 14.2. The number of rotatable bonds is 4. The van der Waals surface area contributed by atoms with E-state index in [0.717, 1.165) is 22.8 Å². The van der Waals surface area contributed by atoms with Gasteiger partial charge in [-0.05, 0) is 37.2 Å². The van der Waals surface area contributed by atoms with E-state index in [4.69, 9.17) is 17.3 Å². The van der Waals surface area contributed by atoms with Gasteiger partial charge in [0.05, 0.1) is 13.1 Å². The predicted molar refractivity (Wildman–Crippen MR) is 82.5 cm³/mol. The van der Waals surface area contributed by atoms with E-state index in [-0.39, 0.29) is 0 Å². The number of hydrogen-bond donors (Lipinski definition) is 1. The van der Waals surface area contributed by atoms with E-state index >= 15 is 0 Å². The lowest BCUT2D eigenvalue weighted by molar-refractivity contribution is -0.911. The molecule has 5 nitrogen and oxygen atoms in total. The molecular formula is C15H20N5S+. The highest BCUT2D eigenvalue weighted by atomic mass is 32.1. The van der Waals surface area contributed by atoms with E-state index in [1.807, 2.05) is 16.9 Å². The van der Waals surface area contributed by atoms with Crippen LogP contribution in [0.4, 0.5) is 0 Å². The first-order chi connectivity index (χ1) is 10.3. The molecule has 2 aromatic heterocycles. The summed E-state index contributed by atoms with van der Waals surface area (Å²) in [5.41, 5.74) is 1.06. The zero-order valence-electron chi connectivity index (χ0n) is 12.0. The van der Waals surface area contributed by atoms with Gasteiger partial charge in [-0.1, -0.05) is 0 Å². The lowest BCUT2D eigenvalue weighted by Gasteiger charge is -2.11. The Balaban J connectivity index is 1.73. The van der Waals surface area contributed by atoms with Gasteiger partial charge in [0.1, 0.15) is 0 Å². The first-order valence-corrected chi connectivity index (χ1v) is 8.17. The number of pyridine rings is 1. The molecule has 0 radical (unpaired) electrons. The van der Waals surface area contributed by atoms with Crippen LogP contribution in [0.2, 0.25) is 0 Å². The number of aromatic nitrogens is 4. The van der Waals surface area contributed by atoms with Crippen molar-refractivity contribution < 1.29 is 4.90 Å². The molecule has 0 bridgehead atoms. The fourth-order valence-corrected chi connectivity index (χ4v) is 3.46. The standard InChI is InChI=1S/C15H19N5S/c21-15-19(11-18-8-1-2-9-18)17-14(20(15)13-5-6-13)12-4-3-7-16-10-12/h3-4,7,10,13H,1-2,5-6,8-9,11H2/p+1. The molecule has 110 valence electrons. The molecule has 0 spiro atoms. The van der Waals surface area contributed by atoms with Crippen LogP contribution in [0.15, 0.2) is 24.5 Å². The molecule has 0 amide bonds. The molecule has 3 heterocycles. The van der Waals surface area contributed by atoms with Gasteiger partial charge in [-0.25, -0.2) is 0 Å². The van der Waals surface area contributed by atoms with E-state index in [2.05, 4.69) is 15.6 Å². The van der Waals surface area contributed by atoms with Crippen LogP contribution in [0.1, 0.15) is 31.7 Å². The minimum Gasteiger partial charge on any atom is -0.316 e. The smallest absolute Gasteiger partial charge is 0.203 e. The highest BCUT2D eigenvalue weighted by molar-refractivity contribution is 7.71. The van der Waals surface area contributed by atoms with Crippen molar-refractivity contribution in [2.75, 3.05) is 13.1 Å². The fourth-order valence-electron chi connectivity index (χ4n) is 3.12. The van der Waals surface area contributed by atoms with Gasteiger partial charge in [-0.2, -0.15) is 4.68 Å². The topological polar surface area (TPSA) is 40.1 Å². The summed E-state index contributed by atoms with van der Waals surface area (Å²) in [5.74, 6) is 0.981. The molecule has 1 saturated carbocycles. The molecule has 1 aliphatic carbocycles. The van der Waals surface area contributed by atoms with Crippen molar-refractivity contribution in [3.8, 4) is 11.4 Å². The van der Waals surface area contributed by atoms with Crippen LogP contribution >= 0.6 is 12.2 Å². The normalized spacial score (nSPS) is 19.2. The summed E-state index contributed by atoms with van der Waals surface area (Å²) < 4.78 is 5.13. The lowest BCUT2D eigenvalue weighted by atomic mass is 10.3. The molecule has 2 aromatic rings. The molecule has 0 atom stereocenters. The SMILES string of the molecule is S=c1n(C[NH+]2CCCC2)nc(-c2cccnc2)n1C1CC1. The van der Waals surface area contributed by atoms with E-state index in [1.54, 1.807) is 11.1 Å². The molecule has 6 heteroatoms. The molecule has 0 aromatic carbocycles. The molecular weight excluding hydrogens is 282 g/mol. The number of nitrogens with one attached hydrogen (secondary N) is 1. The monoisotopic (exact) mass is 302 g/mol. The molecule has 1 saturated heterocycles. The molecule has 4 rings (SSSR count). The average molecular weight is 302 g/mol. The van der Waals surface area contributed by atoms with Crippen molar-refractivity contribution in [3.05, 3.63) is 29.3 Å². The Bertz CT molecular complexity index is 680. The van der Waals surface area contributed by atoms with Crippen LogP contribution in [0.25, 0.3) is 11.4 Å². The Hall–Kier alpha value is -1.53. The van der Waals surface area contributed by atoms with E-state index < -0.39 is 0 Å². The van der Waals surface area contributed by atoms with Crippen molar-refractivity contribution in [2.24, 2.45) is 0 Å². The number of likely N-dealkylation sites (tertiary alicyclic amines) is 1. The highest BCUT2D eigenvalue weighted by Crippen LogP contribution is 2.38. The Labute approximate surface area is 129 Å². The zero-order valence-corrected chi connectivity index (χ0v) is 12.9. The van der Waals surface area contributed by atoms with Crippen LogP contribution in [-0.2, 0) is 6.67 Å². The van der Waals surface area contributed by atoms with Crippen LogP contribution in [0, 0.1) is 4.77 Å². The van der Waals surface area contributed by atoms with Crippen LogP contribution in [0.5, 0.6) is 0 Å². The van der Waals surface area contributed by atoms with Crippen LogP contribution in [0.3, 0.4) is 0 Å². The number of nitrogens with zero attached hydrogens (tertiary/aromatic N) is 4. The van der Waals surface area contributed by atoms with Gasteiger partial charge in [0.2, 0.25) is 4.77 Å². The average Bonchev–Trinajstić information content (AvgIpc) is 3.12. The maximum atomic E-state index is 5.69. The molecule has 21 heavy (non-hydrogen) atoms. The summed E-state index contributed by atoms with van der Waals surface area (Å²) in [4.78, 5) is 5.81. The van der Waals surface area contributed by atoms with Crippen molar-refractivity contribution in [3.63, 3.8) is 0 Å². The molecule has 1 aliphatic heterocycles. The lowest BCUT2D eigenvalue weighted by Crippen LogP contribution is -3.09. The molecule has 0 unspecified atom stereocenters. The third-order valence-corrected chi connectivity index (χ3v) is 4.79. The largest absolute Gasteiger partial charge is 0.316 e. The Morgan fingerprint density at radius 2 is 2.10 bits per heavy atom. The maximum Gasteiger partial charge on any atom is 0.203 e. The second kappa shape index (κ2) is 5.35. The Kier molecular flexibility index (Phi) is 3.35. The first kappa shape index (κ1) is 13.2. The Morgan fingerprint density at radius 1 is 1.29 bits per heavy atom. The quantitative estimate of drug-likeness (QED) is 0.869. The van der Waals surface area contributed by atoms with E-state index in [1.165, 1.54) is 38.8 Å². The van der Waals surface area contributed by atoms with Crippen LogP contribution in [-0.4, -0.2) is 32.4 Å². The predicted octanol–water partition coefficient (Wildman–Crippen LogP) is 1.45. The van der Waals surface area contributed by atoms with E-state index in [0.29, 0.717) is 6.04 Å². The second-order valence-corrected chi connectivity index (χ2v) is 6.43. The summed E-state index contributed by atoms with van der Waals surface area (Å²) in [6, 6.07) is 4.56.